The summed E-state index contributed by atoms with van der Waals surface area (Å²) in [4.78, 5) is 25.9. The summed E-state index contributed by atoms with van der Waals surface area (Å²) in [5.41, 5.74) is 2.49. The molecule has 110 valence electrons. The lowest BCUT2D eigenvalue weighted by Gasteiger charge is -2.21. The Labute approximate surface area is 123 Å². The number of hydrogen-bond donors (Lipinski definition) is 1. The van der Waals surface area contributed by atoms with Gasteiger partial charge in [0.25, 0.3) is 0 Å². The van der Waals surface area contributed by atoms with Crippen molar-refractivity contribution in [3.05, 3.63) is 47.0 Å². The standard InChI is InChI=1S/C15H18N4O2/c1-4-19(9-12-7-5-6-10(2)16-12)15-17-11(3)8-13(18-15)14(20)21/h5-8H,4,9H2,1-3H3,(H,20,21). The maximum Gasteiger partial charge on any atom is 0.354 e. The molecule has 0 saturated heterocycles. The minimum absolute atomic E-state index is 0.00755. The van der Waals surface area contributed by atoms with Crippen LogP contribution >= 0.6 is 0 Å². The Bertz CT molecular complexity index is 658. The fourth-order valence-corrected chi connectivity index (χ4v) is 2.01. The summed E-state index contributed by atoms with van der Waals surface area (Å²) in [5.74, 6) is -0.635. The number of carboxylic acids is 1. The molecular formula is C15H18N4O2. The van der Waals surface area contributed by atoms with Gasteiger partial charge in [-0.3, -0.25) is 4.98 Å². The van der Waals surface area contributed by atoms with Crippen LogP contribution in [0.2, 0.25) is 0 Å². The van der Waals surface area contributed by atoms with Gasteiger partial charge in [0.05, 0.1) is 12.2 Å². The highest BCUT2D eigenvalue weighted by Crippen LogP contribution is 2.13. The minimum Gasteiger partial charge on any atom is -0.477 e. The smallest absolute Gasteiger partial charge is 0.354 e. The topological polar surface area (TPSA) is 79.2 Å². The van der Waals surface area contributed by atoms with Gasteiger partial charge in [0.1, 0.15) is 0 Å². The first-order valence-corrected chi connectivity index (χ1v) is 6.76. The largest absolute Gasteiger partial charge is 0.477 e. The molecule has 0 bridgehead atoms. The van der Waals surface area contributed by atoms with E-state index in [4.69, 9.17) is 5.11 Å². The number of nitrogens with zero attached hydrogens (tertiary/aromatic N) is 4. The summed E-state index contributed by atoms with van der Waals surface area (Å²) >= 11 is 0. The van der Waals surface area contributed by atoms with Gasteiger partial charge >= 0.3 is 5.97 Å². The van der Waals surface area contributed by atoms with Crippen molar-refractivity contribution in [3.8, 4) is 0 Å². The third-order valence-electron chi connectivity index (χ3n) is 3.02. The third kappa shape index (κ3) is 3.75. The second-order valence-electron chi connectivity index (χ2n) is 4.78. The van der Waals surface area contributed by atoms with Crippen LogP contribution in [-0.4, -0.2) is 32.6 Å². The zero-order valence-electron chi connectivity index (χ0n) is 12.4. The molecule has 2 heterocycles. The van der Waals surface area contributed by atoms with Crippen LogP contribution in [0.4, 0.5) is 5.95 Å². The van der Waals surface area contributed by atoms with Gasteiger partial charge in [0, 0.05) is 17.9 Å². The normalized spacial score (nSPS) is 10.4. The monoisotopic (exact) mass is 286 g/mol. The highest BCUT2D eigenvalue weighted by Gasteiger charge is 2.14. The maximum absolute atomic E-state index is 11.1. The van der Waals surface area contributed by atoms with Gasteiger partial charge in [-0.25, -0.2) is 14.8 Å². The van der Waals surface area contributed by atoms with E-state index in [2.05, 4.69) is 15.0 Å². The van der Waals surface area contributed by atoms with Crippen LogP contribution in [0.3, 0.4) is 0 Å². The molecule has 0 saturated carbocycles. The van der Waals surface area contributed by atoms with E-state index in [0.717, 1.165) is 11.4 Å². The molecule has 0 atom stereocenters. The van der Waals surface area contributed by atoms with Crippen LogP contribution in [0.1, 0.15) is 34.5 Å². The maximum atomic E-state index is 11.1. The third-order valence-corrected chi connectivity index (χ3v) is 3.02. The van der Waals surface area contributed by atoms with E-state index >= 15 is 0 Å². The van der Waals surface area contributed by atoms with Crippen LogP contribution < -0.4 is 4.90 Å². The highest BCUT2D eigenvalue weighted by atomic mass is 16.4. The van der Waals surface area contributed by atoms with Crippen molar-refractivity contribution in [2.45, 2.75) is 27.3 Å². The van der Waals surface area contributed by atoms with Crippen LogP contribution in [-0.2, 0) is 6.54 Å². The number of rotatable bonds is 5. The van der Waals surface area contributed by atoms with E-state index in [9.17, 15) is 4.79 Å². The SMILES string of the molecule is CCN(Cc1cccc(C)n1)c1nc(C)cc(C(=O)O)n1. The van der Waals surface area contributed by atoms with Crippen molar-refractivity contribution < 1.29 is 9.90 Å². The first-order valence-electron chi connectivity index (χ1n) is 6.76. The molecule has 0 amide bonds. The molecule has 2 aromatic rings. The lowest BCUT2D eigenvalue weighted by molar-refractivity contribution is 0.0690. The van der Waals surface area contributed by atoms with E-state index in [1.807, 2.05) is 36.9 Å². The molecule has 0 spiro atoms. The van der Waals surface area contributed by atoms with Gasteiger partial charge in [-0.15, -0.1) is 0 Å². The van der Waals surface area contributed by atoms with Crippen molar-refractivity contribution >= 4 is 11.9 Å². The number of hydrogen-bond acceptors (Lipinski definition) is 5. The zero-order valence-corrected chi connectivity index (χ0v) is 12.4. The predicted octanol–water partition coefficient (Wildman–Crippen LogP) is 2.21. The predicted molar refractivity (Wildman–Crippen MR) is 79.4 cm³/mol. The van der Waals surface area contributed by atoms with E-state index in [1.165, 1.54) is 6.07 Å². The molecule has 0 unspecified atom stereocenters. The molecule has 1 N–H and O–H groups in total. The number of carbonyl (C=O) groups is 1. The number of anilines is 1. The molecule has 0 aliphatic heterocycles. The lowest BCUT2D eigenvalue weighted by atomic mass is 10.3. The van der Waals surface area contributed by atoms with E-state index in [-0.39, 0.29) is 5.69 Å². The molecule has 0 fully saturated rings. The summed E-state index contributed by atoms with van der Waals surface area (Å²) < 4.78 is 0. The molecular weight excluding hydrogens is 268 g/mol. The summed E-state index contributed by atoms with van der Waals surface area (Å²) in [5, 5.41) is 9.09. The quantitative estimate of drug-likeness (QED) is 0.907. The van der Waals surface area contributed by atoms with Crippen molar-refractivity contribution in [2.75, 3.05) is 11.4 Å². The Hall–Kier alpha value is -2.50. The van der Waals surface area contributed by atoms with Crippen LogP contribution in [0.5, 0.6) is 0 Å². The van der Waals surface area contributed by atoms with Crippen LogP contribution in [0.25, 0.3) is 0 Å². The van der Waals surface area contributed by atoms with Crippen LogP contribution in [0.15, 0.2) is 24.3 Å². The molecule has 2 rings (SSSR count). The fraction of sp³-hybridized carbons (Fsp3) is 0.333. The Morgan fingerprint density at radius 3 is 2.57 bits per heavy atom. The Kier molecular flexibility index (Phi) is 4.47. The van der Waals surface area contributed by atoms with Crippen LogP contribution in [0, 0.1) is 13.8 Å². The van der Waals surface area contributed by atoms with E-state index in [1.54, 1.807) is 6.92 Å². The second kappa shape index (κ2) is 6.30. The number of carboxylic acid groups (broad SMARTS) is 1. The molecule has 6 nitrogen and oxygen atoms in total. The Morgan fingerprint density at radius 2 is 1.95 bits per heavy atom. The first-order chi connectivity index (χ1) is 9.99. The summed E-state index contributed by atoms with van der Waals surface area (Å²) in [7, 11) is 0. The molecule has 0 aromatic carbocycles. The molecule has 0 aliphatic carbocycles. The van der Waals surface area contributed by atoms with Gasteiger partial charge in [-0.2, -0.15) is 0 Å². The molecule has 0 aliphatic rings. The second-order valence-corrected chi connectivity index (χ2v) is 4.78. The first kappa shape index (κ1) is 14.9. The number of aryl methyl sites for hydroxylation is 2. The van der Waals surface area contributed by atoms with Gasteiger partial charge in [0.15, 0.2) is 5.69 Å². The Morgan fingerprint density at radius 1 is 1.19 bits per heavy atom. The average molecular weight is 286 g/mol. The van der Waals surface area contributed by atoms with Gasteiger partial charge in [-0.05, 0) is 39.0 Å². The number of aromatic carboxylic acids is 1. The van der Waals surface area contributed by atoms with Crippen molar-refractivity contribution in [1.29, 1.82) is 0 Å². The van der Waals surface area contributed by atoms with E-state index in [0.29, 0.717) is 24.7 Å². The molecule has 0 radical (unpaired) electrons. The van der Waals surface area contributed by atoms with Crippen molar-refractivity contribution in [3.63, 3.8) is 0 Å². The van der Waals surface area contributed by atoms with E-state index < -0.39 is 5.97 Å². The summed E-state index contributed by atoms with van der Waals surface area (Å²) in [6.45, 7) is 6.88. The highest BCUT2D eigenvalue weighted by molar-refractivity contribution is 5.85. The van der Waals surface area contributed by atoms with Crippen molar-refractivity contribution in [1.82, 2.24) is 15.0 Å². The zero-order chi connectivity index (χ0) is 15.4. The number of aromatic nitrogens is 3. The average Bonchev–Trinajstić information content (AvgIpc) is 2.44. The van der Waals surface area contributed by atoms with Gasteiger partial charge < -0.3 is 10.0 Å². The number of pyridine rings is 1. The molecule has 21 heavy (non-hydrogen) atoms. The lowest BCUT2D eigenvalue weighted by Crippen LogP contribution is -2.26. The minimum atomic E-state index is -1.05. The molecule has 2 aromatic heterocycles. The fourth-order valence-electron chi connectivity index (χ4n) is 2.01. The molecule has 6 heteroatoms. The summed E-state index contributed by atoms with van der Waals surface area (Å²) in [6.07, 6.45) is 0. The summed E-state index contributed by atoms with van der Waals surface area (Å²) in [6, 6.07) is 7.28. The van der Waals surface area contributed by atoms with Gasteiger partial charge in [-0.1, -0.05) is 6.07 Å². The Balaban J connectivity index is 2.31. The van der Waals surface area contributed by atoms with Gasteiger partial charge in [0.2, 0.25) is 5.95 Å². The van der Waals surface area contributed by atoms with Crippen molar-refractivity contribution in [2.24, 2.45) is 0 Å².